The number of terminal acetylenes is 1. The molecule has 10 heteroatoms. The number of fused-ring (bicyclic) bond motifs is 1. The van der Waals surface area contributed by atoms with Gasteiger partial charge in [0.2, 0.25) is 0 Å². The first-order chi connectivity index (χ1) is 17.4. The fourth-order valence-corrected chi connectivity index (χ4v) is 2.97. The summed E-state index contributed by atoms with van der Waals surface area (Å²) >= 11 is 0. The number of nitrogens with zero attached hydrogens (tertiary/aromatic N) is 3. The zero-order valence-electron chi connectivity index (χ0n) is 19.9. The molecule has 0 N–H and O–H groups in total. The Morgan fingerprint density at radius 1 is 0.657 bits per heavy atom. The van der Waals surface area contributed by atoms with E-state index in [9.17, 15) is 0 Å². The standard InChI is InChI=1S/C25H33N3O7/c1-2-10-29-12-14-31-16-17-33-19-21-35-25-8-4-5-22-23(25)6-3-7-24(22)34-20-18-32-15-13-30-11-9-27-28-26/h1,3-8H,9-21H2. The highest BCUT2D eigenvalue weighted by molar-refractivity contribution is 5.93. The summed E-state index contributed by atoms with van der Waals surface area (Å²) in [7, 11) is 0. The molecule has 0 aliphatic rings. The first kappa shape index (κ1) is 28.2. The largest absolute Gasteiger partial charge is 0.491 e. The molecule has 2 aromatic carbocycles. The van der Waals surface area contributed by atoms with Crippen LogP contribution in [-0.4, -0.2) is 85.8 Å². The average Bonchev–Trinajstić information content (AvgIpc) is 2.88. The van der Waals surface area contributed by atoms with E-state index in [1.807, 2.05) is 36.4 Å². The van der Waals surface area contributed by atoms with E-state index in [2.05, 4.69) is 15.9 Å². The minimum Gasteiger partial charge on any atom is -0.491 e. The summed E-state index contributed by atoms with van der Waals surface area (Å²) in [6.45, 7) is 5.55. The maximum absolute atomic E-state index is 8.19. The Morgan fingerprint density at radius 3 is 1.60 bits per heavy atom. The summed E-state index contributed by atoms with van der Waals surface area (Å²) in [6.07, 6.45) is 5.10. The smallest absolute Gasteiger partial charge is 0.127 e. The van der Waals surface area contributed by atoms with Crippen molar-refractivity contribution in [2.24, 2.45) is 5.11 Å². The van der Waals surface area contributed by atoms with Gasteiger partial charge in [0.1, 0.15) is 31.3 Å². The molecule has 0 spiro atoms. The van der Waals surface area contributed by atoms with Crippen LogP contribution in [0.5, 0.6) is 11.5 Å². The number of azide groups is 1. The van der Waals surface area contributed by atoms with Crippen molar-refractivity contribution < 1.29 is 33.2 Å². The Bertz CT molecular complexity index is 929. The van der Waals surface area contributed by atoms with Gasteiger partial charge < -0.3 is 33.2 Å². The van der Waals surface area contributed by atoms with Gasteiger partial charge >= 0.3 is 0 Å². The number of ether oxygens (including phenoxy) is 7. The lowest BCUT2D eigenvalue weighted by Crippen LogP contribution is -2.13. The summed E-state index contributed by atoms with van der Waals surface area (Å²) < 4.78 is 38.7. The van der Waals surface area contributed by atoms with E-state index in [1.54, 1.807) is 0 Å². The number of hydrogen-bond acceptors (Lipinski definition) is 8. The summed E-state index contributed by atoms with van der Waals surface area (Å²) in [5.74, 6) is 3.94. The molecule has 2 aromatic rings. The van der Waals surface area contributed by atoms with Gasteiger partial charge in [0.05, 0.1) is 59.5 Å². The third-order valence-electron chi connectivity index (χ3n) is 4.51. The molecule has 0 unspecified atom stereocenters. The van der Waals surface area contributed by atoms with Crippen molar-refractivity contribution in [1.82, 2.24) is 0 Å². The van der Waals surface area contributed by atoms with Crippen LogP contribution >= 0.6 is 0 Å². The zero-order chi connectivity index (χ0) is 24.8. The Balaban J connectivity index is 1.63. The number of benzene rings is 2. The van der Waals surface area contributed by atoms with Gasteiger partial charge in [-0.25, -0.2) is 0 Å². The van der Waals surface area contributed by atoms with Crippen LogP contribution in [0.1, 0.15) is 0 Å². The lowest BCUT2D eigenvalue weighted by molar-refractivity contribution is 0.0143. The molecule has 0 saturated carbocycles. The molecular weight excluding hydrogens is 454 g/mol. The third kappa shape index (κ3) is 12.3. The zero-order valence-corrected chi connectivity index (χ0v) is 19.9. The summed E-state index contributed by atoms with van der Waals surface area (Å²) in [5, 5.41) is 5.33. The Morgan fingerprint density at radius 2 is 1.11 bits per heavy atom. The van der Waals surface area contributed by atoms with E-state index in [0.717, 1.165) is 22.3 Å². The first-order valence-electron chi connectivity index (χ1n) is 11.5. The van der Waals surface area contributed by atoms with Crippen LogP contribution in [0.2, 0.25) is 0 Å². The maximum Gasteiger partial charge on any atom is 0.127 e. The fraction of sp³-hybridized carbons (Fsp3) is 0.520. The Hall–Kier alpha value is -3.03. The molecule has 0 heterocycles. The van der Waals surface area contributed by atoms with E-state index in [4.69, 9.17) is 45.1 Å². The van der Waals surface area contributed by atoms with Gasteiger partial charge in [0, 0.05) is 22.2 Å². The lowest BCUT2D eigenvalue weighted by Gasteiger charge is -2.13. The molecule has 0 atom stereocenters. The summed E-state index contributed by atoms with van der Waals surface area (Å²) in [4.78, 5) is 2.66. The SMILES string of the molecule is C#CCOCCOCCOCCOc1cccc2c(OCCOCCOCCN=[N+]=[N-])cccc12. The highest BCUT2D eigenvalue weighted by Gasteiger charge is 2.07. The normalized spacial score (nSPS) is 10.6. The second-order valence-corrected chi connectivity index (χ2v) is 6.97. The van der Waals surface area contributed by atoms with Crippen LogP contribution in [0, 0.1) is 12.3 Å². The monoisotopic (exact) mass is 487 g/mol. The minimum absolute atomic E-state index is 0.298. The number of rotatable bonds is 21. The van der Waals surface area contributed by atoms with Crippen molar-refractivity contribution in [1.29, 1.82) is 0 Å². The van der Waals surface area contributed by atoms with Crippen LogP contribution in [0.3, 0.4) is 0 Å². The van der Waals surface area contributed by atoms with E-state index in [0.29, 0.717) is 85.8 Å². The van der Waals surface area contributed by atoms with Crippen LogP contribution in [0.15, 0.2) is 41.5 Å². The second kappa shape index (κ2) is 19.3. The number of hydrogen-bond donors (Lipinski definition) is 0. The predicted octanol–water partition coefficient (Wildman–Crippen LogP) is 3.62. The second-order valence-electron chi connectivity index (χ2n) is 6.97. The van der Waals surface area contributed by atoms with Gasteiger partial charge in [-0.05, 0) is 17.7 Å². The average molecular weight is 488 g/mol. The predicted molar refractivity (Wildman–Crippen MR) is 132 cm³/mol. The highest BCUT2D eigenvalue weighted by Crippen LogP contribution is 2.32. The van der Waals surface area contributed by atoms with Crippen molar-refractivity contribution in [3.05, 3.63) is 46.8 Å². The molecule has 0 bridgehead atoms. The molecule has 10 nitrogen and oxygen atoms in total. The van der Waals surface area contributed by atoms with Gasteiger partial charge in [0.25, 0.3) is 0 Å². The van der Waals surface area contributed by atoms with Crippen LogP contribution < -0.4 is 9.47 Å². The fourth-order valence-electron chi connectivity index (χ4n) is 2.97. The van der Waals surface area contributed by atoms with Gasteiger partial charge in [-0.2, -0.15) is 0 Å². The van der Waals surface area contributed by atoms with Gasteiger partial charge in [-0.15, -0.1) is 6.42 Å². The van der Waals surface area contributed by atoms with Gasteiger partial charge in [-0.1, -0.05) is 35.3 Å². The minimum atomic E-state index is 0.298. The molecule has 0 aliphatic heterocycles. The van der Waals surface area contributed by atoms with E-state index in [-0.39, 0.29) is 0 Å². The van der Waals surface area contributed by atoms with Crippen molar-refractivity contribution in [2.45, 2.75) is 0 Å². The van der Waals surface area contributed by atoms with Crippen molar-refractivity contribution in [3.8, 4) is 23.8 Å². The molecule has 0 aliphatic carbocycles. The molecule has 0 fully saturated rings. The topological polar surface area (TPSA) is 113 Å². The molecule has 0 saturated heterocycles. The Kier molecular flexibility index (Phi) is 15.6. The molecule has 0 aromatic heterocycles. The van der Waals surface area contributed by atoms with Crippen LogP contribution in [0.4, 0.5) is 0 Å². The highest BCUT2D eigenvalue weighted by atomic mass is 16.6. The summed E-state index contributed by atoms with van der Waals surface area (Å²) in [5.41, 5.74) is 8.19. The van der Waals surface area contributed by atoms with E-state index < -0.39 is 0 Å². The van der Waals surface area contributed by atoms with Crippen LogP contribution in [0.25, 0.3) is 21.2 Å². The van der Waals surface area contributed by atoms with Crippen molar-refractivity contribution in [3.63, 3.8) is 0 Å². The quantitative estimate of drug-likeness (QED) is 0.0869. The lowest BCUT2D eigenvalue weighted by atomic mass is 10.1. The maximum atomic E-state index is 8.19. The molecule has 0 amide bonds. The van der Waals surface area contributed by atoms with E-state index in [1.165, 1.54) is 0 Å². The molecule has 2 rings (SSSR count). The van der Waals surface area contributed by atoms with Gasteiger partial charge in [-0.3, -0.25) is 0 Å². The Labute approximate surface area is 206 Å². The molecule has 35 heavy (non-hydrogen) atoms. The first-order valence-corrected chi connectivity index (χ1v) is 11.5. The van der Waals surface area contributed by atoms with Crippen molar-refractivity contribution in [2.75, 3.05) is 85.8 Å². The molecular formula is C25H33N3O7. The van der Waals surface area contributed by atoms with E-state index >= 15 is 0 Å². The molecule has 190 valence electrons. The van der Waals surface area contributed by atoms with Crippen molar-refractivity contribution >= 4 is 10.8 Å². The van der Waals surface area contributed by atoms with Crippen LogP contribution in [-0.2, 0) is 23.7 Å². The third-order valence-corrected chi connectivity index (χ3v) is 4.51. The van der Waals surface area contributed by atoms with Gasteiger partial charge in [0.15, 0.2) is 0 Å². The molecule has 0 radical (unpaired) electrons. The summed E-state index contributed by atoms with van der Waals surface area (Å²) in [6, 6.07) is 11.7.